The van der Waals surface area contributed by atoms with Crippen molar-refractivity contribution in [3.63, 3.8) is 0 Å². The second-order valence-electron chi connectivity index (χ2n) is 5.82. The van der Waals surface area contributed by atoms with E-state index in [1.54, 1.807) is 18.4 Å². The van der Waals surface area contributed by atoms with Crippen LogP contribution < -0.4 is 10.1 Å². The average molecular weight is 303 g/mol. The van der Waals surface area contributed by atoms with Gasteiger partial charge < -0.3 is 19.2 Å². The van der Waals surface area contributed by atoms with Gasteiger partial charge in [-0.1, -0.05) is 0 Å². The molecule has 1 aliphatic heterocycles. The van der Waals surface area contributed by atoms with E-state index in [2.05, 4.69) is 5.32 Å². The van der Waals surface area contributed by atoms with Crippen LogP contribution in [0.1, 0.15) is 37.0 Å². The highest BCUT2D eigenvalue weighted by molar-refractivity contribution is 5.99. The van der Waals surface area contributed by atoms with Crippen molar-refractivity contribution >= 4 is 16.9 Å². The van der Waals surface area contributed by atoms with E-state index in [0.717, 1.165) is 24.8 Å². The summed E-state index contributed by atoms with van der Waals surface area (Å²) in [5, 5.41) is 3.80. The molecule has 1 saturated heterocycles. The van der Waals surface area contributed by atoms with Crippen molar-refractivity contribution in [2.24, 2.45) is 0 Å². The van der Waals surface area contributed by atoms with E-state index in [9.17, 15) is 4.79 Å². The zero-order valence-corrected chi connectivity index (χ0v) is 12.9. The van der Waals surface area contributed by atoms with E-state index in [1.807, 2.05) is 19.9 Å². The van der Waals surface area contributed by atoms with Gasteiger partial charge in [-0.3, -0.25) is 4.79 Å². The summed E-state index contributed by atoms with van der Waals surface area (Å²) >= 11 is 0. The van der Waals surface area contributed by atoms with Gasteiger partial charge in [0.1, 0.15) is 11.3 Å². The van der Waals surface area contributed by atoms with Gasteiger partial charge in [-0.25, -0.2) is 0 Å². The van der Waals surface area contributed by atoms with Gasteiger partial charge in [-0.2, -0.15) is 0 Å². The molecule has 0 saturated carbocycles. The first kappa shape index (κ1) is 14.9. The van der Waals surface area contributed by atoms with Crippen molar-refractivity contribution in [3.05, 3.63) is 30.0 Å². The number of hydrogen-bond acceptors (Lipinski definition) is 4. The van der Waals surface area contributed by atoms with Crippen LogP contribution in [0.4, 0.5) is 0 Å². The number of fused-ring (bicyclic) bond motifs is 1. The first-order chi connectivity index (χ1) is 10.6. The molecule has 22 heavy (non-hydrogen) atoms. The molecule has 118 valence electrons. The highest BCUT2D eigenvalue weighted by Gasteiger charge is 2.18. The fraction of sp³-hybridized carbons (Fsp3) is 0.471. The van der Waals surface area contributed by atoms with E-state index < -0.39 is 0 Å². The lowest BCUT2D eigenvalue weighted by molar-refractivity contribution is 0.0857. The van der Waals surface area contributed by atoms with E-state index in [1.165, 1.54) is 0 Å². The van der Waals surface area contributed by atoms with Crippen LogP contribution in [-0.2, 0) is 4.74 Å². The normalized spacial score (nSPS) is 18.0. The van der Waals surface area contributed by atoms with E-state index >= 15 is 0 Å². The number of rotatable bonds is 5. The SMILES string of the molecule is CC(C)Oc1cc(C(=O)NC[C@@H]2CCCO2)cc2occc12. The Bertz CT molecular complexity index is 656. The van der Waals surface area contributed by atoms with Crippen LogP contribution in [0.3, 0.4) is 0 Å². The first-order valence-corrected chi connectivity index (χ1v) is 7.71. The lowest BCUT2D eigenvalue weighted by Gasteiger charge is -2.13. The number of benzene rings is 1. The van der Waals surface area contributed by atoms with Gasteiger partial charge in [-0.05, 0) is 44.9 Å². The smallest absolute Gasteiger partial charge is 0.251 e. The molecule has 0 unspecified atom stereocenters. The molecule has 1 aromatic carbocycles. The number of carbonyl (C=O) groups is 1. The van der Waals surface area contributed by atoms with Gasteiger partial charge in [-0.15, -0.1) is 0 Å². The van der Waals surface area contributed by atoms with E-state index in [-0.39, 0.29) is 18.1 Å². The van der Waals surface area contributed by atoms with Crippen LogP contribution in [-0.4, -0.2) is 31.3 Å². The van der Waals surface area contributed by atoms with Crippen LogP contribution in [0.5, 0.6) is 5.75 Å². The minimum absolute atomic E-state index is 0.0308. The molecule has 0 spiro atoms. The summed E-state index contributed by atoms with van der Waals surface area (Å²) < 4.78 is 16.7. The van der Waals surface area contributed by atoms with Crippen molar-refractivity contribution in [1.29, 1.82) is 0 Å². The molecular weight excluding hydrogens is 282 g/mol. The summed E-state index contributed by atoms with van der Waals surface area (Å²) in [5.41, 5.74) is 1.19. The highest BCUT2D eigenvalue weighted by atomic mass is 16.5. The van der Waals surface area contributed by atoms with Gasteiger partial charge in [0, 0.05) is 18.7 Å². The lowest BCUT2D eigenvalue weighted by Crippen LogP contribution is -2.31. The largest absolute Gasteiger partial charge is 0.490 e. The minimum atomic E-state index is -0.137. The fourth-order valence-electron chi connectivity index (χ4n) is 2.63. The summed E-state index contributed by atoms with van der Waals surface area (Å²) in [6.07, 6.45) is 3.82. The number of hydrogen-bond donors (Lipinski definition) is 1. The van der Waals surface area contributed by atoms with Gasteiger partial charge in [0.15, 0.2) is 0 Å². The zero-order chi connectivity index (χ0) is 15.5. The Labute approximate surface area is 129 Å². The maximum Gasteiger partial charge on any atom is 0.251 e. The quantitative estimate of drug-likeness (QED) is 0.922. The number of nitrogens with one attached hydrogen (secondary N) is 1. The predicted molar refractivity (Wildman–Crippen MR) is 83.3 cm³/mol. The second-order valence-corrected chi connectivity index (χ2v) is 5.82. The number of amides is 1. The highest BCUT2D eigenvalue weighted by Crippen LogP contribution is 2.29. The monoisotopic (exact) mass is 303 g/mol. The van der Waals surface area contributed by atoms with Crippen LogP contribution >= 0.6 is 0 Å². The van der Waals surface area contributed by atoms with Gasteiger partial charge in [0.25, 0.3) is 5.91 Å². The second kappa shape index (κ2) is 6.40. The van der Waals surface area contributed by atoms with Gasteiger partial charge in [0.2, 0.25) is 0 Å². The summed E-state index contributed by atoms with van der Waals surface area (Å²) in [6.45, 7) is 5.23. The molecule has 3 rings (SSSR count). The van der Waals surface area contributed by atoms with Gasteiger partial charge >= 0.3 is 0 Å². The molecule has 1 amide bonds. The predicted octanol–water partition coefficient (Wildman–Crippen LogP) is 3.13. The molecule has 0 radical (unpaired) electrons. The Kier molecular flexibility index (Phi) is 4.34. The molecule has 2 heterocycles. The maximum absolute atomic E-state index is 12.3. The third-order valence-corrected chi connectivity index (χ3v) is 3.67. The van der Waals surface area contributed by atoms with Gasteiger partial charge in [0.05, 0.1) is 23.9 Å². The molecule has 1 atom stereocenters. The molecule has 1 N–H and O–H groups in total. The fourth-order valence-corrected chi connectivity index (χ4v) is 2.63. The Morgan fingerprint density at radius 3 is 3.05 bits per heavy atom. The van der Waals surface area contributed by atoms with Crippen molar-refractivity contribution in [3.8, 4) is 5.75 Å². The Balaban J connectivity index is 1.78. The van der Waals surface area contributed by atoms with E-state index in [0.29, 0.717) is 23.4 Å². The van der Waals surface area contributed by atoms with Crippen molar-refractivity contribution in [1.82, 2.24) is 5.32 Å². The summed E-state index contributed by atoms with van der Waals surface area (Å²) in [5.74, 6) is 0.533. The summed E-state index contributed by atoms with van der Waals surface area (Å²) in [4.78, 5) is 12.3. The van der Waals surface area contributed by atoms with Crippen molar-refractivity contribution in [2.45, 2.75) is 38.9 Å². The van der Waals surface area contributed by atoms with Crippen LogP contribution in [0.25, 0.3) is 11.0 Å². The van der Waals surface area contributed by atoms with Crippen molar-refractivity contribution < 1.29 is 18.7 Å². The molecule has 2 aromatic rings. The molecule has 1 aliphatic rings. The molecule has 0 aliphatic carbocycles. The third-order valence-electron chi connectivity index (χ3n) is 3.67. The lowest BCUT2D eigenvalue weighted by atomic mass is 10.1. The summed E-state index contributed by atoms with van der Waals surface area (Å²) in [6, 6.07) is 5.36. The molecule has 5 heteroatoms. The van der Waals surface area contributed by atoms with Crippen molar-refractivity contribution in [2.75, 3.05) is 13.2 Å². The standard InChI is InChI=1S/C17H21NO4/c1-11(2)22-16-9-12(8-15-14(16)5-7-21-15)17(19)18-10-13-4-3-6-20-13/h5,7-9,11,13H,3-4,6,10H2,1-2H3,(H,18,19)/t13-/m0/s1. The summed E-state index contributed by atoms with van der Waals surface area (Å²) in [7, 11) is 0. The van der Waals surface area contributed by atoms with Crippen LogP contribution in [0.15, 0.2) is 28.9 Å². The average Bonchev–Trinajstić information content (AvgIpc) is 3.15. The van der Waals surface area contributed by atoms with Crippen LogP contribution in [0, 0.1) is 0 Å². The van der Waals surface area contributed by atoms with Crippen LogP contribution in [0.2, 0.25) is 0 Å². The molecule has 1 fully saturated rings. The number of carbonyl (C=O) groups excluding carboxylic acids is 1. The Morgan fingerprint density at radius 2 is 2.32 bits per heavy atom. The molecular formula is C17H21NO4. The maximum atomic E-state index is 12.3. The van der Waals surface area contributed by atoms with E-state index in [4.69, 9.17) is 13.9 Å². The molecule has 5 nitrogen and oxygen atoms in total. The Hall–Kier alpha value is -2.01. The first-order valence-electron chi connectivity index (χ1n) is 7.71. The zero-order valence-electron chi connectivity index (χ0n) is 12.9. The minimum Gasteiger partial charge on any atom is -0.490 e. The number of furan rings is 1. The third kappa shape index (κ3) is 3.25. The molecule has 0 bridgehead atoms. The molecule has 1 aromatic heterocycles. The topological polar surface area (TPSA) is 60.7 Å². The number of ether oxygens (including phenoxy) is 2. The Morgan fingerprint density at radius 1 is 1.45 bits per heavy atom.